The first-order chi connectivity index (χ1) is 8.70. The van der Waals surface area contributed by atoms with Crippen LogP contribution >= 0.6 is 12.2 Å². The van der Waals surface area contributed by atoms with Crippen molar-refractivity contribution in [3.63, 3.8) is 0 Å². The molecule has 0 bridgehead atoms. The van der Waals surface area contributed by atoms with Crippen LogP contribution in [0.15, 0.2) is 41.1 Å². The summed E-state index contributed by atoms with van der Waals surface area (Å²) in [5.41, 5.74) is 7.19. The van der Waals surface area contributed by atoms with Crippen molar-refractivity contribution in [3.05, 3.63) is 48.2 Å². The van der Waals surface area contributed by atoms with Crippen molar-refractivity contribution in [2.45, 2.75) is 13.5 Å². The van der Waals surface area contributed by atoms with E-state index >= 15 is 0 Å². The summed E-state index contributed by atoms with van der Waals surface area (Å²) in [6.45, 7) is 3.68. The maximum Gasteiger partial charge on any atom is 0.123 e. The van der Waals surface area contributed by atoms with E-state index in [2.05, 4.69) is 16.8 Å². The topological polar surface area (TPSA) is 55.3 Å². The van der Waals surface area contributed by atoms with E-state index < -0.39 is 0 Å². The number of hydrogen-bond acceptors (Lipinski definition) is 4. The molecule has 2 N–H and O–H groups in total. The lowest BCUT2D eigenvalue weighted by Crippen LogP contribution is -2.22. The number of nitrogens with zero attached hydrogens (tertiary/aromatic N) is 2. The van der Waals surface area contributed by atoms with Gasteiger partial charge in [-0.2, -0.15) is 0 Å². The molecule has 0 saturated heterocycles. The molecule has 18 heavy (non-hydrogen) atoms. The predicted octanol–water partition coefficient (Wildman–Crippen LogP) is 2.34. The maximum absolute atomic E-state index is 5.52. The molecule has 0 atom stereocenters. The zero-order valence-corrected chi connectivity index (χ0v) is 11.0. The lowest BCUT2D eigenvalue weighted by atomic mass is 10.3. The molecule has 5 heteroatoms. The molecule has 0 spiro atoms. The monoisotopic (exact) mass is 261 g/mol. The van der Waals surface area contributed by atoms with Crippen LogP contribution in [0.1, 0.15) is 18.4 Å². The maximum atomic E-state index is 5.52. The third kappa shape index (κ3) is 2.87. The molecule has 0 saturated carbocycles. The Morgan fingerprint density at radius 3 is 2.78 bits per heavy atom. The molecule has 0 radical (unpaired) electrons. The third-order valence-corrected chi connectivity index (χ3v) is 2.88. The van der Waals surface area contributed by atoms with Crippen molar-refractivity contribution in [1.82, 2.24) is 4.98 Å². The first kappa shape index (κ1) is 12.6. The Morgan fingerprint density at radius 2 is 2.28 bits per heavy atom. The molecule has 0 aliphatic heterocycles. The quantitative estimate of drug-likeness (QED) is 0.837. The summed E-state index contributed by atoms with van der Waals surface area (Å²) in [5, 5.41) is 0. The fourth-order valence-electron chi connectivity index (χ4n) is 1.70. The Bertz CT molecular complexity index is 508. The van der Waals surface area contributed by atoms with Gasteiger partial charge in [-0.25, -0.2) is 0 Å². The van der Waals surface area contributed by atoms with E-state index in [-0.39, 0.29) is 0 Å². The summed E-state index contributed by atoms with van der Waals surface area (Å²) in [6, 6.07) is 7.65. The second kappa shape index (κ2) is 5.64. The fraction of sp³-hybridized carbons (Fsp3) is 0.231. The minimum absolute atomic E-state index is 0.315. The average Bonchev–Trinajstić information content (AvgIpc) is 2.89. The van der Waals surface area contributed by atoms with E-state index in [9.17, 15) is 0 Å². The average molecular weight is 261 g/mol. The van der Waals surface area contributed by atoms with Crippen molar-refractivity contribution in [2.24, 2.45) is 5.73 Å². The minimum Gasteiger partial charge on any atom is -0.467 e. The number of thiocarbonyl (C=S) groups is 1. The lowest BCUT2D eigenvalue weighted by Gasteiger charge is -2.21. The Hall–Kier alpha value is -1.88. The van der Waals surface area contributed by atoms with Gasteiger partial charge in [0, 0.05) is 6.54 Å². The molecular weight excluding hydrogens is 246 g/mol. The number of pyridine rings is 1. The summed E-state index contributed by atoms with van der Waals surface area (Å²) in [7, 11) is 0. The Labute approximate surface area is 111 Å². The van der Waals surface area contributed by atoms with Crippen molar-refractivity contribution >= 4 is 22.9 Å². The van der Waals surface area contributed by atoms with E-state index in [0.29, 0.717) is 10.7 Å². The summed E-state index contributed by atoms with van der Waals surface area (Å²) < 4.78 is 5.35. The van der Waals surface area contributed by atoms with Gasteiger partial charge in [0.15, 0.2) is 0 Å². The highest BCUT2D eigenvalue weighted by atomic mass is 32.1. The van der Waals surface area contributed by atoms with Gasteiger partial charge in [-0.05, 0) is 31.2 Å². The number of rotatable bonds is 5. The number of aromatic nitrogens is 1. The summed E-state index contributed by atoms with van der Waals surface area (Å²) in [5.74, 6) is 0.926. The molecule has 0 aromatic carbocycles. The van der Waals surface area contributed by atoms with Crippen LogP contribution in [0.25, 0.3) is 0 Å². The lowest BCUT2D eigenvalue weighted by molar-refractivity contribution is 0.503. The van der Waals surface area contributed by atoms with Crippen LogP contribution in [-0.4, -0.2) is 16.5 Å². The van der Waals surface area contributed by atoms with E-state index in [1.165, 1.54) is 0 Å². The first-order valence-electron chi connectivity index (χ1n) is 5.74. The van der Waals surface area contributed by atoms with Crippen molar-refractivity contribution in [1.29, 1.82) is 0 Å². The second-order valence-corrected chi connectivity index (χ2v) is 4.30. The highest BCUT2D eigenvalue weighted by molar-refractivity contribution is 7.80. The van der Waals surface area contributed by atoms with Gasteiger partial charge in [0.25, 0.3) is 0 Å². The zero-order valence-electron chi connectivity index (χ0n) is 10.2. The highest BCUT2D eigenvalue weighted by Gasteiger charge is 2.08. The van der Waals surface area contributed by atoms with Crippen LogP contribution in [0.3, 0.4) is 0 Å². The Balaban J connectivity index is 2.14. The van der Waals surface area contributed by atoms with Crippen molar-refractivity contribution in [3.8, 4) is 0 Å². The number of hydrogen-bond donors (Lipinski definition) is 1. The molecule has 2 heterocycles. The van der Waals surface area contributed by atoms with E-state index in [4.69, 9.17) is 22.4 Å². The summed E-state index contributed by atoms with van der Waals surface area (Å²) in [6.07, 6.45) is 3.46. The molecule has 0 fully saturated rings. The van der Waals surface area contributed by atoms with Crippen LogP contribution in [-0.2, 0) is 6.54 Å². The normalized spacial score (nSPS) is 10.3. The van der Waals surface area contributed by atoms with Gasteiger partial charge >= 0.3 is 0 Å². The van der Waals surface area contributed by atoms with Crippen LogP contribution in [0, 0.1) is 0 Å². The van der Waals surface area contributed by atoms with Gasteiger partial charge in [0.2, 0.25) is 0 Å². The Morgan fingerprint density at radius 1 is 1.44 bits per heavy atom. The molecule has 0 aliphatic carbocycles. The molecule has 0 unspecified atom stereocenters. The summed E-state index contributed by atoms with van der Waals surface area (Å²) >= 11 is 4.88. The van der Waals surface area contributed by atoms with Crippen LogP contribution in [0.5, 0.6) is 0 Å². The third-order valence-electron chi connectivity index (χ3n) is 2.67. The van der Waals surface area contributed by atoms with Gasteiger partial charge in [-0.1, -0.05) is 12.2 Å². The standard InChI is InChI=1S/C13H15N3OS/c1-2-16(9-11-4-3-7-17-11)10-5-6-12(13(14)18)15-8-10/h3-8H,2,9H2,1H3,(H2,14,18). The van der Waals surface area contributed by atoms with E-state index in [1.807, 2.05) is 24.3 Å². The number of anilines is 1. The van der Waals surface area contributed by atoms with E-state index in [1.54, 1.807) is 12.5 Å². The molecule has 0 aliphatic rings. The van der Waals surface area contributed by atoms with Crippen molar-refractivity contribution in [2.75, 3.05) is 11.4 Å². The highest BCUT2D eigenvalue weighted by Crippen LogP contribution is 2.16. The van der Waals surface area contributed by atoms with Crippen LogP contribution in [0.2, 0.25) is 0 Å². The predicted molar refractivity (Wildman–Crippen MR) is 75.6 cm³/mol. The Kier molecular flexibility index (Phi) is 3.94. The van der Waals surface area contributed by atoms with Gasteiger partial charge in [-0.15, -0.1) is 0 Å². The first-order valence-corrected chi connectivity index (χ1v) is 6.14. The number of furan rings is 1. The molecule has 0 amide bonds. The van der Waals surface area contributed by atoms with Crippen LogP contribution in [0.4, 0.5) is 5.69 Å². The largest absolute Gasteiger partial charge is 0.467 e. The second-order valence-electron chi connectivity index (χ2n) is 3.86. The molecule has 94 valence electrons. The molecule has 4 nitrogen and oxygen atoms in total. The minimum atomic E-state index is 0.315. The SMILES string of the molecule is CCN(Cc1ccco1)c1ccc(C(N)=S)nc1. The van der Waals surface area contributed by atoms with Gasteiger partial charge in [0.05, 0.1) is 30.4 Å². The van der Waals surface area contributed by atoms with Crippen LogP contribution < -0.4 is 10.6 Å². The van der Waals surface area contributed by atoms with Crippen molar-refractivity contribution < 1.29 is 4.42 Å². The molecule has 2 aromatic heterocycles. The molecule has 2 rings (SSSR count). The molecular formula is C13H15N3OS. The fourth-order valence-corrected chi connectivity index (χ4v) is 1.82. The zero-order chi connectivity index (χ0) is 13.0. The van der Waals surface area contributed by atoms with Gasteiger partial charge in [-0.3, -0.25) is 4.98 Å². The molecule has 2 aromatic rings. The van der Waals surface area contributed by atoms with E-state index in [0.717, 1.165) is 24.5 Å². The summed E-state index contributed by atoms with van der Waals surface area (Å²) in [4.78, 5) is 6.72. The van der Waals surface area contributed by atoms with Gasteiger partial charge < -0.3 is 15.1 Å². The van der Waals surface area contributed by atoms with Gasteiger partial charge in [0.1, 0.15) is 10.7 Å². The number of nitrogens with two attached hydrogens (primary N) is 1. The smallest absolute Gasteiger partial charge is 0.123 e.